The summed E-state index contributed by atoms with van der Waals surface area (Å²) < 4.78 is 18.7. The Hall–Kier alpha value is -2.31. The molecule has 0 saturated heterocycles. The zero-order chi connectivity index (χ0) is 14.6. The lowest BCUT2D eigenvalue weighted by atomic mass is 10.2. The number of rotatable bonds is 2. The number of ether oxygens (including phenoxy) is 1. The Morgan fingerprint density at radius 3 is 2.58 bits per heavy atom. The highest BCUT2D eigenvalue weighted by Crippen LogP contribution is 2.17. The molecular weight excluding hydrogens is 253 g/mol. The van der Waals surface area contributed by atoms with Crippen LogP contribution in [0.3, 0.4) is 0 Å². The Labute approximate surface area is 110 Å². The molecule has 0 fully saturated rings. The van der Waals surface area contributed by atoms with Gasteiger partial charge in [0.15, 0.2) is 5.84 Å². The standard InChI is InChI=1S/C12H16FN3O3/c1-12(2,3)19-11(17)15-9-5-4-7(6-8(9)13)10(14)16-18/h4-6,18H,1-3H3,(H2,14,16)(H,15,17). The fourth-order valence-electron chi connectivity index (χ4n) is 1.25. The minimum Gasteiger partial charge on any atom is -0.444 e. The molecule has 0 aliphatic carbocycles. The lowest BCUT2D eigenvalue weighted by Gasteiger charge is -2.19. The van der Waals surface area contributed by atoms with Crippen molar-refractivity contribution in [3.8, 4) is 0 Å². The Morgan fingerprint density at radius 2 is 2.11 bits per heavy atom. The van der Waals surface area contributed by atoms with Gasteiger partial charge in [-0.25, -0.2) is 9.18 Å². The van der Waals surface area contributed by atoms with Gasteiger partial charge in [0.25, 0.3) is 0 Å². The molecule has 0 saturated carbocycles. The third kappa shape index (κ3) is 4.46. The highest BCUT2D eigenvalue weighted by molar-refractivity contribution is 5.97. The number of carbonyl (C=O) groups excluding carboxylic acids is 1. The predicted molar refractivity (Wildman–Crippen MR) is 68.8 cm³/mol. The number of nitrogens with two attached hydrogens (primary N) is 1. The lowest BCUT2D eigenvalue weighted by molar-refractivity contribution is 0.0635. The average molecular weight is 269 g/mol. The summed E-state index contributed by atoms with van der Waals surface area (Å²) in [5.74, 6) is -0.933. The molecule has 4 N–H and O–H groups in total. The summed E-state index contributed by atoms with van der Waals surface area (Å²) in [4.78, 5) is 11.5. The van der Waals surface area contributed by atoms with Crippen LogP contribution in [0.1, 0.15) is 26.3 Å². The Balaban J connectivity index is 2.84. The van der Waals surface area contributed by atoms with E-state index in [4.69, 9.17) is 15.7 Å². The third-order valence-corrected chi connectivity index (χ3v) is 2.01. The maximum Gasteiger partial charge on any atom is 0.412 e. The van der Waals surface area contributed by atoms with Crippen LogP contribution in [0.25, 0.3) is 0 Å². The van der Waals surface area contributed by atoms with Crippen molar-refractivity contribution in [2.24, 2.45) is 10.9 Å². The fraction of sp³-hybridized carbons (Fsp3) is 0.333. The molecule has 0 aromatic heterocycles. The van der Waals surface area contributed by atoms with E-state index < -0.39 is 17.5 Å². The zero-order valence-electron chi connectivity index (χ0n) is 10.9. The first-order valence-electron chi connectivity index (χ1n) is 5.50. The van der Waals surface area contributed by atoms with Crippen LogP contribution in [0.4, 0.5) is 14.9 Å². The van der Waals surface area contributed by atoms with Gasteiger partial charge < -0.3 is 15.7 Å². The molecule has 1 amide bonds. The van der Waals surface area contributed by atoms with Crippen LogP contribution < -0.4 is 11.1 Å². The number of halogens is 1. The Kier molecular flexibility index (Phi) is 4.31. The molecule has 6 nitrogen and oxygen atoms in total. The molecule has 0 aliphatic rings. The topological polar surface area (TPSA) is 96.9 Å². The summed E-state index contributed by atoms with van der Waals surface area (Å²) in [6.45, 7) is 5.10. The van der Waals surface area contributed by atoms with Gasteiger partial charge >= 0.3 is 6.09 Å². The summed E-state index contributed by atoms with van der Waals surface area (Å²) in [5.41, 5.74) is 4.80. The molecule has 0 heterocycles. The molecule has 104 valence electrons. The molecule has 1 rings (SSSR count). The fourth-order valence-corrected chi connectivity index (χ4v) is 1.25. The number of amidine groups is 1. The molecule has 0 radical (unpaired) electrons. The predicted octanol–water partition coefficient (Wildman–Crippen LogP) is 2.27. The van der Waals surface area contributed by atoms with Gasteiger partial charge in [-0.3, -0.25) is 5.32 Å². The van der Waals surface area contributed by atoms with Crippen molar-refractivity contribution in [3.05, 3.63) is 29.6 Å². The monoisotopic (exact) mass is 269 g/mol. The normalized spacial score (nSPS) is 12.1. The number of oxime groups is 1. The van der Waals surface area contributed by atoms with Crippen molar-refractivity contribution in [2.75, 3.05) is 5.32 Å². The third-order valence-electron chi connectivity index (χ3n) is 2.01. The lowest BCUT2D eigenvalue weighted by Crippen LogP contribution is -2.27. The van der Waals surface area contributed by atoms with E-state index in [1.807, 2.05) is 0 Å². The van der Waals surface area contributed by atoms with E-state index in [0.29, 0.717) is 0 Å². The van der Waals surface area contributed by atoms with Crippen LogP contribution in [0, 0.1) is 5.82 Å². The second-order valence-corrected chi connectivity index (χ2v) is 4.81. The first-order valence-corrected chi connectivity index (χ1v) is 5.50. The number of carbonyl (C=O) groups is 1. The number of benzene rings is 1. The minimum absolute atomic E-state index is 0.0521. The summed E-state index contributed by atoms with van der Waals surface area (Å²) in [7, 11) is 0. The largest absolute Gasteiger partial charge is 0.444 e. The van der Waals surface area contributed by atoms with Crippen LogP contribution in [-0.4, -0.2) is 22.7 Å². The second-order valence-electron chi connectivity index (χ2n) is 4.81. The number of nitrogens with one attached hydrogen (secondary N) is 1. The van der Waals surface area contributed by atoms with Gasteiger partial charge in [-0.15, -0.1) is 0 Å². The highest BCUT2D eigenvalue weighted by Gasteiger charge is 2.17. The van der Waals surface area contributed by atoms with Gasteiger partial charge in [0, 0.05) is 5.56 Å². The number of nitrogens with zero attached hydrogens (tertiary/aromatic N) is 1. The van der Waals surface area contributed by atoms with Crippen LogP contribution in [0.2, 0.25) is 0 Å². The van der Waals surface area contributed by atoms with Crippen molar-refractivity contribution >= 4 is 17.6 Å². The summed E-state index contributed by atoms with van der Waals surface area (Å²) in [6, 6.07) is 3.75. The van der Waals surface area contributed by atoms with Crippen LogP contribution in [0.5, 0.6) is 0 Å². The maximum atomic E-state index is 13.7. The van der Waals surface area contributed by atoms with Gasteiger partial charge in [-0.05, 0) is 39.0 Å². The van der Waals surface area contributed by atoms with E-state index in [9.17, 15) is 9.18 Å². The van der Waals surface area contributed by atoms with Gasteiger partial charge in [0.2, 0.25) is 0 Å². The molecule has 0 spiro atoms. The SMILES string of the molecule is CC(C)(C)OC(=O)Nc1ccc(/C(N)=N/O)cc1F. The van der Waals surface area contributed by atoms with Crippen molar-refractivity contribution in [3.63, 3.8) is 0 Å². The van der Waals surface area contributed by atoms with E-state index in [-0.39, 0.29) is 17.1 Å². The Morgan fingerprint density at radius 1 is 1.47 bits per heavy atom. The molecular formula is C12H16FN3O3. The van der Waals surface area contributed by atoms with Crippen molar-refractivity contribution < 1.29 is 19.1 Å². The second kappa shape index (κ2) is 5.55. The number of hydrogen-bond acceptors (Lipinski definition) is 4. The highest BCUT2D eigenvalue weighted by atomic mass is 19.1. The molecule has 0 aliphatic heterocycles. The van der Waals surface area contributed by atoms with Gasteiger partial charge in [0.1, 0.15) is 11.4 Å². The molecule has 0 atom stereocenters. The van der Waals surface area contributed by atoms with Gasteiger partial charge in [-0.1, -0.05) is 5.16 Å². The van der Waals surface area contributed by atoms with E-state index in [0.717, 1.165) is 6.07 Å². The average Bonchev–Trinajstić information content (AvgIpc) is 2.28. The number of amides is 1. The number of hydrogen-bond donors (Lipinski definition) is 3. The minimum atomic E-state index is -0.761. The van der Waals surface area contributed by atoms with E-state index in [1.165, 1.54) is 12.1 Å². The first-order chi connectivity index (χ1) is 8.73. The molecule has 0 unspecified atom stereocenters. The first kappa shape index (κ1) is 14.7. The van der Waals surface area contributed by atoms with Crippen molar-refractivity contribution in [1.82, 2.24) is 0 Å². The summed E-state index contributed by atoms with van der Waals surface area (Å²) >= 11 is 0. The van der Waals surface area contributed by atoms with Gasteiger partial charge in [-0.2, -0.15) is 0 Å². The van der Waals surface area contributed by atoms with E-state index in [1.54, 1.807) is 20.8 Å². The van der Waals surface area contributed by atoms with E-state index in [2.05, 4.69) is 10.5 Å². The molecule has 1 aromatic rings. The van der Waals surface area contributed by atoms with Crippen molar-refractivity contribution in [2.45, 2.75) is 26.4 Å². The van der Waals surface area contributed by atoms with Crippen molar-refractivity contribution in [1.29, 1.82) is 0 Å². The maximum absolute atomic E-state index is 13.7. The molecule has 7 heteroatoms. The zero-order valence-corrected chi connectivity index (χ0v) is 10.9. The summed E-state index contributed by atoms with van der Waals surface area (Å²) in [5, 5.41) is 13.5. The van der Waals surface area contributed by atoms with Crippen LogP contribution in [-0.2, 0) is 4.74 Å². The van der Waals surface area contributed by atoms with Crippen LogP contribution in [0.15, 0.2) is 23.4 Å². The molecule has 1 aromatic carbocycles. The number of anilines is 1. The smallest absolute Gasteiger partial charge is 0.412 e. The molecule has 19 heavy (non-hydrogen) atoms. The van der Waals surface area contributed by atoms with Gasteiger partial charge in [0.05, 0.1) is 5.69 Å². The van der Waals surface area contributed by atoms with Crippen LogP contribution >= 0.6 is 0 Å². The molecule has 0 bridgehead atoms. The Bertz CT molecular complexity index is 509. The summed E-state index contributed by atoms with van der Waals surface area (Å²) in [6.07, 6.45) is -0.761. The van der Waals surface area contributed by atoms with E-state index >= 15 is 0 Å². The quantitative estimate of drug-likeness (QED) is 0.332.